The number of H-pyrrole nitrogens is 1. The molecule has 0 radical (unpaired) electrons. The van der Waals surface area contributed by atoms with Crippen LogP contribution in [0.5, 0.6) is 0 Å². The molecule has 1 rings (SSSR count). The van der Waals surface area contributed by atoms with Crippen molar-refractivity contribution in [2.24, 2.45) is 7.05 Å². The summed E-state index contributed by atoms with van der Waals surface area (Å²) in [5.41, 5.74) is -6.00. The van der Waals surface area contributed by atoms with Crippen LogP contribution in [0.1, 0.15) is 5.56 Å². The van der Waals surface area contributed by atoms with E-state index in [-0.39, 0.29) is 10.8 Å². The van der Waals surface area contributed by atoms with E-state index in [4.69, 9.17) is 0 Å². The molecule has 4 nitrogen and oxygen atoms in total. The van der Waals surface area contributed by atoms with Gasteiger partial charge in [0.05, 0.1) is 0 Å². The predicted molar refractivity (Wildman–Crippen MR) is 52.1 cm³/mol. The average Bonchev–Trinajstić information content (AvgIpc) is 2.31. The Balaban J connectivity index is 3.63. The van der Waals surface area contributed by atoms with Crippen molar-refractivity contribution >= 4 is 0 Å². The molecule has 1 heterocycles. The smallest absolute Gasteiger partial charge is 0.303 e. The number of aromatic amines is 1. The molecule has 0 aliphatic rings. The zero-order chi connectivity index (χ0) is 17.7. The molecule has 0 aromatic carbocycles. The van der Waals surface area contributed by atoms with Crippen molar-refractivity contribution < 1.29 is 39.5 Å². The minimum atomic E-state index is -7.12. The van der Waals surface area contributed by atoms with E-state index < -0.39 is 40.8 Å². The molecule has 1 aromatic heterocycles. The van der Waals surface area contributed by atoms with Gasteiger partial charge in [0.25, 0.3) is 5.56 Å². The Labute approximate surface area is 114 Å². The average molecular weight is 344 g/mol. The lowest BCUT2D eigenvalue weighted by Crippen LogP contribution is -2.60. The molecule has 0 spiro atoms. The molecule has 1 aromatic rings. The number of aromatic nitrogens is 2. The van der Waals surface area contributed by atoms with Crippen molar-refractivity contribution in [1.82, 2.24) is 9.55 Å². The minimum Gasteiger partial charge on any atom is -0.303 e. The van der Waals surface area contributed by atoms with E-state index in [2.05, 4.69) is 0 Å². The van der Waals surface area contributed by atoms with Gasteiger partial charge in [-0.25, -0.2) is 4.79 Å². The van der Waals surface area contributed by atoms with Gasteiger partial charge in [-0.05, 0) is 0 Å². The lowest BCUT2D eigenvalue weighted by atomic mass is 9.99. The van der Waals surface area contributed by atoms with E-state index in [1.807, 2.05) is 0 Å². The fraction of sp³-hybridized carbons (Fsp3) is 0.556. The third-order valence-electron chi connectivity index (χ3n) is 2.59. The molecule has 0 aliphatic heterocycles. The summed E-state index contributed by atoms with van der Waals surface area (Å²) >= 11 is 0. The van der Waals surface area contributed by atoms with E-state index >= 15 is 0 Å². The van der Waals surface area contributed by atoms with Gasteiger partial charge < -0.3 is 4.57 Å². The standard InChI is InChI=1S/C9H5F9N2O2/c1-20-2-3(4(21)19-5(20)22)6(10,11)7(12,13)8(14,15)9(16,17)18/h2H,1H3,(H,19,21,22). The molecule has 0 unspecified atom stereocenters. The minimum absolute atomic E-state index is 0.104. The highest BCUT2D eigenvalue weighted by atomic mass is 19.4. The summed E-state index contributed by atoms with van der Waals surface area (Å²) in [6, 6.07) is 0. The van der Waals surface area contributed by atoms with Gasteiger partial charge in [0.2, 0.25) is 0 Å². The first kappa shape index (κ1) is 18.1. The number of alkyl halides is 9. The largest absolute Gasteiger partial charge is 0.460 e. The molecule has 0 saturated heterocycles. The Morgan fingerprint density at radius 3 is 1.77 bits per heavy atom. The highest BCUT2D eigenvalue weighted by molar-refractivity contribution is 5.19. The maximum atomic E-state index is 13.5. The number of halogens is 9. The maximum Gasteiger partial charge on any atom is 0.460 e. The number of nitrogens with one attached hydrogen (secondary N) is 1. The van der Waals surface area contributed by atoms with Crippen LogP contribution in [0, 0.1) is 0 Å². The number of hydrogen-bond acceptors (Lipinski definition) is 2. The van der Waals surface area contributed by atoms with Crippen LogP contribution in [0.15, 0.2) is 15.8 Å². The van der Waals surface area contributed by atoms with Crippen LogP contribution in [-0.2, 0) is 13.0 Å². The van der Waals surface area contributed by atoms with Gasteiger partial charge in [-0.1, -0.05) is 0 Å². The Hall–Kier alpha value is -1.95. The van der Waals surface area contributed by atoms with Crippen molar-refractivity contribution in [3.63, 3.8) is 0 Å². The summed E-state index contributed by atoms with van der Waals surface area (Å²) in [5.74, 6) is -20.3. The molecular formula is C9H5F9N2O2. The summed E-state index contributed by atoms with van der Waals surface area (Å²) < 4.78 is 114. The molecule has 0 atom stereocenters. The first-order valence-electron chi connectivity index (χ1n) is 5.08. The molecule has 1 N–H and O–H groups in total. The summed E-state index contributed by atoms with van der Waals surface area (Å²) in [6.45, 7) is 0. The molecule has 13 heteroatoms. The number of hydrogen-bond donors (Lipinski definition) is 1. The van der Waals surface area contributed by atoms with E-state index in [0.717, 1.165) is 4.98 Å². The van der Waals surface area contributed by atoms with Crippen LogP contribution in [0.25, 0.3) is 0 Å². The van der Waals surface area contributed by atoms with Crippen molar-refractivity contribution in [3.8, 4) is 0 Å². The second-order valence-electron chi connectivity index (χ2n) is 4.13. The number of rotatable bonds is 3. The zero-order valence-electron chi connectivity index (χ0n) is 10.2. The third kappa shape index (κ3) is 2.37. The van der Waals surface area contributed by atoms with E-state index in [9.17, 15) is 49.1 Å². The molecule has 0 aliphatic carbocycles. The summed E-state index contributed by atoms with van der Waals surface area (Å²) in [4.78, 5) is 23.0. The molecule has 0 fully saturated rings. The highest BCUT2D eigenvalue weighted by Crippen LogP contribution is 2.55. The van der Waals surface area contributed by atoms with Crippen molar-refractivity contribution in [2.45, 2.75) is 23.9 Å². The van der Waals surface area contributed by atoms with Crippen molar-refractivity contribution in [2.75, 3.05) is 0 Å². The summed E-state index contributed by atoms with van der Waals surface area (Å²) in [5, 5.41) is 0. The van der Waals surface area contributed by atoms with Crippen LogP contribution in [0.4, 0.5) is 39.5 Å². The quantitative estimate of drug-likeness (QED) is 0.853. The second-order valence-corrected chi connectivity index (χ2v) is 4.13. The Kier molecular flexibility index (Phi) is 3.93. The molecule has 0 saturated carbocycles. The maximum absolute atomic E-state index is 13.5. The molecule has 0 amide bonds. The van der Waals surface area contributed by atoms with E-state index in [0.29, 0.717) is 7.05 Å². The van der Waals surface area contributed by atoms with Gasteiger partial charge in [0.1, 0.15) is 5.56 Å². The molecular weight excluding hydrogens is 339 g/mol. The van der Waals surface area contributed by atoms with Crippen molar-refractivity contribution in [3.05, 3.63) is 32.6 Å². The second kappa shape index (κ2) is 4.78. The Morgan fingerprint density at radius 1 is 0.909 bits per heavy atom. The van der Waals surface area contributed by atoms with Gasteiger partial charge >= 0.3 is 29.6 Å². The van der Waals surface area contributed by atoms with Gasteiger partial charge in [0, 0.05) is 13.2 Å². The van der Waals surface area contributed by atoms with Crippen LogP contribution < -0.4 is 11.2 Å². The SMILES string of the molecule is Cn1cc(C(F)(F)C(F)(F)C(F)(F)C(F)(F)F)c(=O)[nH]c1=O. The van der Waals surface area contributed by atoms with Crippen LogP contribution in [-0.4, -0.2) is 27.6 Å². The van der Waals surface area contributed by atoms with E-state index in [1.54, 1.807) is 0 Å². The predicted octanol–water partition coefficient (Wildman–Crippen LogP) is 2.00. The fourth-order valence-corrected chi connectivity index (χ4v) is 1.33. The zero-order valence-corrected chi connectivity index (χ0v) is 10.2. The molecule has 0 bridgehead atoms. The topological polar surface area (TPSA) is 54.9 Å². The highest BCUT2D eigenvalue weighted by Gasteiger charge is 2.82. The van der Waals surface area contributed by atoms with Gasteiger partial charge in [-0.15, -0.1) is 0 Å². The fourth-order valence-electron chi connectivity index (χ4n) is 1.33. The summed E-state index contributed by atoms with van der Waals surface area (Å²) in [7, 11) is 0.678. The monoisotopic (exact) mass is 344 g/mol. The first-order valence-corrected chi connectivity index (χ1v) is 5.08. The van der Waals surface area contributed by atoms with E-state index in [1.165, 1.54) is 0 Å². The Bertz CT molecular complexity index is 686. The van der Waals surface area contributed by atoms with Crippen LogP contribution >= 0.6 is 0 Å². The third-order valence-corrected chi connectivity index (χ3v) is 2.59. The van der Waals surface area contributed by atoms with Gasteiger partial charge in [-0.3, -0.25) is 9.78 Å². The van der Waals surface area contributed by atoms with Crippen LogP contribution in [0.2, 0.25) is 0 Å². The van der Waals surface area contributed by atoms with Gasteiger partial charge in [0.15, 0.2) is 0 Å². The lowest BCUT2D eigenvalue weighted by Gasteiger charge is -2.33. The van der Waals surface area contributed by atoms with Crippen LogP contribution in [0.3, 0.4) is 0 Å². The van der Waals surface area contributed by atoms with Crippen molar-refractivity contribution in [1.29, 1.82) is 0 Å². The molecule has 22 heavy (non-hydrogen) atoms. The number of aryl methyl sites for hydroxylation is 1. The Morgan fingerprint density at radius 2 is 1.36 bits per heavy atom. The number of nitrogens with zero attached hydrogens (tertiary/aromatic N) is 1. The molecule has 126 valence electrons. The normalized spacial score (nSPS) is 14.3. The van der Waals surface area contributed by atoms with Gasteiger partial charge in [-0.2, -0.15) is 39.5 Å². The lowest BCUT2D eigenvalue weighted by molar-refractivity contribution is -0.399. The summed E-state index contributed by atoms with van der Waals surface area (Å²) in [6.07, 6.45) is -7.24. The first-order chi connectivity index (χ1) is 9.57.